The minimum Gasteiger partial charge on any atom is -0.677 e. The van der Waals surface area contributed by atoms with Gasteiger partial charge in [0.25, 0.3) is 0 Å². The maximum absolute atomic E-state index is 6.87. The fourth-order valence-corrected chi connectivity index (χ4v) is 0.553. The zero-order valence-electron chi connectivity index (χ0n) is 6.07. The van der Waals surface area contributed by atoms with Crippen LogP contribution in [0.1, 0.15) is 6.42 Å². The molecule has 0 radical (unpaired) electrons. The SMILES string of the molecule is C[N+](C)(C)CCC[NH-]. The summed E-state index contributed by atoms with van der Waals surface area (Å²) in [6.07, 6.45) is 1.02. The van der Waals surface area contributed by atoms with E-state index < -0.39 is 0 Å². The number of hydrogen-bond donors (Lipinski definition) is 0. The lowest BCUT2D eigenvalue weighted by atomic mass is 10.4. The van der Waals surface area contributed by atoms with Gasteiger partial charge in [-0.1, -0.05) is 0 Å². The lowest BCUT2D eigenvalue weighted by Crippen LogP contribution is -2.35. The molecule has 0 atom stereocenters. The maximum Gasteiger partial charge on any atom is 0.0763 e. The monoisotopic (exact) mass is 116 g/mol. The molecule has 0 amide bonds. The average molecular weight is 116 g/mol. The first-order chi connectivity index (χ1) is 3.56. The molecular weight excluding hydrogens is 100 g/mol. The van der Waals surface area contributed by atoms with E-state index in [1.54, 1.807) is 0 Å². The van der Waals surface area contributed by atoms with Crippen LogP contribution in [-0.4, -0.2) is 38.7 Å². The minimum atomic E-state index is 0.565. The Morgan fingerprint density at radius 3 is 1.88 bits per heavy atom. The van der Waals surface area contributed by atoms with Gasteiger partial charge in [0, 0.05) is 0 Å². The van der Waals surface area contributed by atoms with Crippen molar-refractivity contribution in [2.45, 2.75) is 6.42 Å². The number of nitrogens with one attached hydrogen (secondary N) is 1. The fraction of sp³-hybridized carbons (Fsp3) is 1.00. The van der Waals surface area contributed by atoms with Crippen LogP contribution in [0.15, 0.2) is 0 Å². The van der Waals surface area contributed by atoms with Crippen molar-refractivity contribution in [1.29, 1.82) is 0 Å². The summed E-state index contributed by atoms with van der Waals surface area (Å²) in [7, 11) is 6.45. The van der Waals surface area contributed by atoms with Gasteiger partial charge in [-0.15, -0.1) is 6.54 Å². The molecule has 0 heterocycles. The summed E-state index contributed by atoms with van der Waals surface area (Å²) in [6.45, 7) is 1.68. The summed E-state index contributed by atoms with van der Waals surface area (Å²) in [5, 5.41) is 0. The largest absolute Gasteiger partial charge is 0.677 e. The summed E-state index contributed by atoms with van der Waals surface area (Å²) in [4.78, 5) is 0. The van der Waals surface area contributed by atoms with Crippen LogP contribution in [0, 0.1) is 0 Å². The Hall–Kier alpha value is -0.0800. The van der Waals surface area contributed by atoms with Crippen molar-refractivity contribution in [3.8, 4) is 0 Å². The summed E-state index contributed by atoms with van der Waals surface area (Å²) < 4.78 is 0.985. The summed E-state index contributed by atoms with van der Waals surface area (Å²) in [5.41, 5.74) is 6.87. The van der Waals surface area contributed by atoms with Gasteiger partial charge in [-0.25, -0.2) is 0 Å². The number of rotatable bonds is 3. The van der Waals surface area contributed by atoms with Crippen LogP contribution in [0.25, 0.3) is 5.73 Å². The zero-order valence-corrected chi connectivity index (χ0v) is 6.07. The van der Waals surface area contributed by atoms with Gasteiger partial charge in [-0.05, 0) is 6.42 Å². The molecule has 0 aromatic rings. The second-order valence-electron chi connectivity index (χ2n) is 3.12. The smallest absolute Gasteiger partial charge is 0.0763 e. The Balaban J connectivity index is 3.11. The third-order valence-electron chi connectivity index (χ3n) is 1.01. The maximum atomic E-state index is 6.87. The molecule has 0 unspecified atom stereocenters. The number of nitrogens with zero attached hydrogens (tertiary/aromatic N) is 1. The molecule has 0 aliphatic rings. The summed E-state index contributed by atoms with van der Waals surface area (Å²) in [6, 6.07) is 0. The highest BCUT2D eigenvalue weighted by molar-refractivity contribution is 4.48. The molecule has 0 rings (SSSR count). The van der Waals surface area contributed by atoms with E-state index in [0.29, 0.717) is 6.54 Å². The molecule has 2 heteroatoms. The van der Waals surface area contributed by atoms with Gasteiger partial charge in [0.15, 0.2) is 0 Å². The highest BCUT2D eigenvalue weighted by atomic mass is 15.3. The lowest BCUT2D eigenvalue weighted by Gasteiger charge is -2.24. The van der Waals surface area contributed by atoms with E-state index in [4.69, 9.17) is 5.73 Å². The van der Waals surface area contributed by atoms with Crippen LogP contribution in [0.4, 0.5) is 0 Å². The highest BCUT2D eigenvalue weighted by Gasteiger charge is 2.01. The van der Waals surface area contributed by atoms with Crippen LogP contribution in [-0.2, 0) is 0 Å². The molecule has 0 fully saturated rings. The van der Waals surface area contributed by atoms with E-state index in [0.717, 1.165) is 17.4 Å². The van der Waals surface area contributed by atoms with Gasteiger partial charge >= 0.3 is 0 Å². The van der Waals surface area contributed by atoms with Crippen LogP contribution in [0.5, 0.6) is 0 Å². The first kappa shape index (κ1) is 7.92. The number of hydrogen-bond acceptors (Lipinski definition) is 0. The molecule has 0 saturated heterocycles. The van der Waals surface area contributed by atoms with Gasteiger partial charge in [-0.2, -0.15) is 0 Å². The van der Waals surface area contributed by atoms with Gasteiger partial charge in [0.05, 0.1) is 27.7 Å². The molecule has 0 aliphatic heterocycles. The highest BCUT2D eigenvalue weighted by Crippen LogP contribution is 1.91. The van der Waals surface area contributed by atoms with E-state index in [1.165, 1.54) is 0 Å². The summed E-state index contributed by atoms with van der Waals surface area (Å²) in [5.74, 6) is 0. The molecule has 2 nitrogen and oxygen atoms in total. The minimum absolute atomic E-state index is 0.565. The van der Waals surface area contributed by atoms with Crippen molar-refractivity contribution in [2.75, 3.05) is 34.2 Å². The molecule has 0 aromatic heterocycles. The van der Waals surface area contributed by atoms with Crippen LogP contribution in [0.3, 0.4) is 0 Å². The topological polar surface area (TPSA) is 23.8 Å². The molecule has 1 N–H and O–H groups in total. The Bertz CT molecular complexity index is 54.0. The second-order valence-corrected chi connectivity index (χ2v) is 3.12. The Kier molecular flexibility index (Phi) is 3.02. The third kappa shape index (κ3) is 5.92. The molecule has 0 aliphatic carbocycles. The molecule has 8 heavy (non-hydrogen) atoms. The van der Waals surface area contributed by atoms with Crippen LogP contribution in [0.2, 0.25) is 0 Å². The van der Waals surface area contributed by atoms with Crippen molar-refractivity contribution in [3.63, 3.8) is 0 Å². The lowest BCUT2D eigenvalue weighted by molar-refractivity contribution is -0.870. The van der Waals surface area contributed by atoms with Crippen molar-refractivity contribution in [2.24, 2.45) is 0 Å². The van der Waals surface area contributed by atoms with Crippen molar-refractivity contribution >= 4 is 0 Å². The third-order valence-corrected chi connectivity index (χ3v) is 1.01. The van der Waals surface area contributed by atoms with E-state index in [2.05, 4.69) is 21.1 Å². The molecule has 50 valence electrons. The van der Waals surface area contributed by atoms with E-state index >= 15 is 0 Å². The van der Waals surface area contributed by atoms with Gasteiger partial charge in [0.2, 0.25) is 0 Å². The van der Waals surface area contributed by atoms with E-state index in [1.807, 2.05) is 0 Å². The average Bonchev–Trinajstić information content (AvgIpc) is 1.59. The molecule has 0 spiro atoms. The summed E-state index contributed by atoms with van der Waals surface area (Å²) >= 11 is 0. The standard InChI is InChI=1S/C6H16N2/c1-8(2,3)6-4-5-7/h7H,4-6H2,1-3H3. The van der Waals surface area contributed by atoms with Gasteiger partial charge in [0.1, 0.15) is 0 Å². The van der Waals surface area contributed by atoms with Gasteiger partial charge < -0.3 is 10.2 Å². The first-order valence-corrected chi connectivity index (χ1v) is 3.01. The molecular formula is C6H16N2. The number of quaternary nitrogens is 1. The predicted molar refractivity (Wildman–Crippen MR) is 36.7 cm³/mol. The van der Waals surface area contributed by atoms with Crippen LogP contribution >= 0.6 is 0 Å². The molecule has 0 aromatic carbocycles. The normalized spacial score (nSPS) is 12.0. The molecule has 0 saturated carbocycles. The predicted octanol–water partition coefficient (Wildman–Crippen LogP) is 1.13. The second kappa shape index (κ2) is 3.05. The van der Waals surface area contributed by atoms with E-state index in [-0.39, 0.29) is 0 Å². The Labute approximate surface area is 51.9 Å². The van der Waals surface area contributed by atoms with Crippen LogP contribution < -0.4 is 0 Å². The van der Waals surface area contributed by atoms with Gasteiger partial charge in [-0.3, -0.25) is 0 Å². The fourth-order valence-electron chi connectivity index (χ4n) is 0.553. The van der Waals surface area contributed by atoms with Crippen molar-refractivity contribution in [1.82, 2.24) is 0 Å². The zero-order chi connectivity index (χ0) is 6.62. The van der Waals surface area contributed by atoms with Crippen molar-refractivity contribution < 1.29 is 4.48 Å². The molecule has 0 bridgehead atoms. The Morgan fingerprint density at radius 1 is 1.25 bits per heavy atom. The quantitative estimate of drug-likeness (QED) is 0.494. The Morgan fingerprint density at radius 2 is 1.75 bits per heavy atom. The first-order valence-electron chi connectivity index (χ1n) is 3.01. The van der Waals surface area contributed by atoms with Crippen molar-refractivity contribution in [3.05, 3.63) is 5.73 Å². The van der Waals surface area contributed by atoms with E-state index in [9.17, 15) is 0 Å².